The Hall–Kier alpha value is -1.85. The lowest BCUT2D eigenvalue weighted by Gasteiger charge is -2.08. The molecule has 0 fully saturated rings. The van der Waals surface area contributed by atoms with Gasteiger partial charge in [0.05, 0.1) is 6.61 Å². The molecule has 0 aliphatic carbocycles. The maximum atomic E-state index is 11.7. The molecule has 2 aromatic carbocycles. The zero-order valence-electron chi connectivity index (χ0n) is 10.7. The number of ether oxygens (including phenoxy) is 1. The summed E-state index contributed by atoms with van der Waals surface area (Å²) in [5.74, 6) is 0.385. The maximum Gasteiger partial charge on any atom is 0.262 e. The van der Waals surface area contributed by atoms with E-state index in [4.69, 9.17) is 9.84 Å². The van der Waals surface area contributed by atoms with E-state index >= 15 is 0 Å². The first-order valence-corrected chi connectivity index (χ1v) is 6.84. The van der Waals surface area contributed by atoms with Crippen LogP contribution in [0.5, 0.6) is 5.75 Å². The number of rotatable bonds is 5. The van der Waals surface area contributed by atoms with E-state index in [-0.39, 0.29) is 19.1 Å². The summed E-state index contributed by atoms with van der Waals surface area (Å²) in [7, 11) is 0. The van der Waals surface area contributed by atoms with Crippen LogP contribution in [0, 0.1) is 0 Å². The molecule has 0 aromatic heterocycles. The van der Waals surface area contributed by atoms with Crippen molar-refractivity contribution in [1.82, 2.24) is 0 Å². The van der Waals surface area contributed by atoms with Crippen molar-refractivity contribution in [2.45, 2.75) is 6.61 Å². The van der Waals surface area contributed by atoms with E-state index in [1.165, 1.54) is 0 Å². The van der Waals surface area contributed by atoms with Crippen molar-refractivity contribution < 1.29 is 14.6 Å². The van der Waals surface area contributed by atoms with E-state index in [0.29, 0.717) is 11.4 Å². The molecule has 2 aromatic rings. The van der Waals surface area contributed by atoms with Gasteiger partial charge in [0.1, 0.15) is 5.75 Å². The molecule has 0 saturated heterocycles. The van der Waals surface area contributed by atoms with Crippen molar-refractivity contribution in [3.05, 3.63) is 58.6 Å². The minimum Gasteiger partial charge on any atom is -0.484 e. The number of carbonyl (C=O) groups is 1. The highest BCUT2D eigenvalue weighted by Gasteiger charge is 2.04. The summed E-state index contributed by atoms with van der Waals surface area (Å²) in [6.45, 7) is -0.121. The van der Waals surface area contributed by atoms with Crippen molar-refractivity contribution in [3.8, 4) is 5.75 Å². The molecule has 0 atom stereocenters. The van der Waals surface area contributed by atoms with Gasteiger partial charge in [-0.2, -0.15) is 0 Å². The van der Waals surface area contributed by atoms with Gasteiger partial charge >= 0.3 is 0 Å². The average molecular weight is 336 g/mol. The van der Waals surface area contributed by atoms with Crippen LogP contribution in [0.2, 0.25) is 0 Å². The number of halogens is 1. The molecule has 0 unspecified atom stereocenters. The van der Waals surface area contributed by atoms with Gasteiger partial charge < -0.3 is 15.2 Å². The molecule has 0 aliphatic heterocycles. The molecule has 0 saturated carbocycles. The smallest absolute Gasteiger partial charge is 0.262 e. The Morgan fingerprint density at radius 2 is 1.95 bits per heavy atom. The molecule has 2 rings (SSSR count). The zero-order chi connectivity index (χ0) is 14.4. The standard InChI is InChI=1S/C15H14BrNO3/c16-12-4-6-14(7-5-12)20-10-15(19)17-13-3-1-2-11(8-13)9-18/h1-8,18H,9-10H2,(H,17,19). The number of hydrogen-bond donors (Lipinski definition) is 2. The third kappa shape index (κ3) is 4.36. The summed E-state index contributed by atoms with van der Waals surface area (Å²) in [5, 5.41) is 11.7. The van der Waals surface area contributed by atoms with E-state index in [1.807, 2.05) is 12.1 Å². The quantitative estimate of drug-likeness (QED) is 0.883. The monoisotopic (exact) mass is 335 g/mol. The molecule has 5 heteroatoms. The van der Waals surface area contributed by atoms with Crippen LogP contribution in [0.25, 0.3) is 0 Å². The van der Waals surface area contributed by atoms with Gasteiger partial charge in [0.15, 0.2) is 6.61 Å². The van der Waals surface area contributed by atoms with Crippen molar-refractivity contribution in [3.63, 3.8) is 0 Å². The molecule has 1 amide bonds. The van der Waals surface area contributed by atoms with Crippen LogP contribution in [0.3, 0.4) is 0 Å². The number of anilines is 1. The minimum atomic E-state index is -0.247. The molecule has 2 N–H and O–H groups in total. The Balaban J connectivity index is 1.87. The Bertz CT molecular complexity index is 584. The van der Waals surface area contributed by atoms with Crippen LogP contribution in [-0.2, 0) is 11.4 Å². The summed E-state index contributed by atoms with van der Waals surface area (Å²) < 4.78 is 6.32. The van der Waals surface area contributed by atoms with Crippen molar-refractivity contribution in [2.24, 2.45) is 0 Å². The molecule has 20 heavy (non-hydrogen) atoms. The number of aliphatic hydroxyl groups excluding tert-OH is 1. The molecule has 0 radical (unpaired) electrons. The van der Waals surface area contributed by atoms with E-state index < -0.39 is 0 Å². The highest BCUT2D eigenvalue weighted by atomic mass is 79.9. The first kappa shape index (κ1) is 14.6. The molecule has 4 nitrogen and oxygen atoms in total. The SMILES string of the molecule is O=C(COc1ccc(Br)cc1)Nc1cccc(CO)c1. The fourth-order valence-corrected chi connectivity index (χ4v) is 1.89. The molecule has 0 spiro atoms. The van der Waals surface area contributed by atoms with Gasteiger partial charge in [0.2, 0.25) is 0 Å². The fourth-order valence-electron chi connectivity index (χ4n) is 1.62. The number of amides is 1. The second-order valence-corrected chi connectivity index (χ2v) is 5.06. The topological polar surface area (TPSA) is 58.6 Å². The third-order valence-electron chi connectivity index (χ3n) is 2.58. The van der Waals surface area contributed by atoms with Crippen molar-refractivity contribution >= 4 is 27.5 Å². The number of carbonyl (C=O) groups excluding carboxylic acids is 1. The van der Waals surface area contributed by atoms with Crippen LogP contribution in [0.15, 0.2) is 53.0 Å². The Kier molecular flexibility index (Phi) is 5.15. The van der Waals surface area contributed by atoms with E-state index in [0.717, 1.165) is 10.0 Å². The van der Waals surface area contributed by atoms with Gasteiger partial charge in [-0.15, -0.1) is 0 Å². The highest BCUT2D eigenvalue weighted by Crippen LogP contribution is 2.16. The second-order valence-electron chi connectivity index (χ2n) is 4.15. The van der Waals surface area contributed by atoms with E-state index in [1.54, 1.807) is 36.4 Å². The predicted molar refractivity (Wildman–Crippen MR) is 80.6 cm³/mol. The molecule has 104 valence electrons. The number of nitrogens with one attached hydrogen (secondary N) is 1. The van der Waals surface area contributed by atoms with Gasteiger partial charge in [0, 0.05) is 10.2 Å². The summed E-state index contributed by atoms with van der Waals surface area (Å²) >= 11 is 3.33. The molecule has 0 heterocycles. The summed E-state index contributed by atoms with van der Waals surface area (Å²) in [4.78, 5) is 11.7. The van der Waals surface area contributed by atoms with E-state index in [9.17, 15) is 4.79 Å². The lowest BCUT2D eigenvalue weighted by atomic mass is 10.2. The highest BCUT2D eigenvalue weighted by molar-refractivity contribution is 9.10. The van der Waals surface area contributed by atoms with Crippen LogP contribution in [-0.4, -0.2) is 17.6 Å². The first-order valence-electron chi connectivity index (χ1n) is 6.05. The number of benzene rings is 2. The van der Waals surface area contributed by atoms with Gasteiger partial charge in [-0.05, 0) is 42.0 Å². The molecule has 0 bridgehead atoms. The Labute approximate surface area is 125 Å². The normalized spacial score (nSPS) is 10.1. The first-order chi connectivity index (χ1) is 9.67. The third-order valence-corrected chi connectivity index (χ3v) is 3.11. The van der Waals surface area contributed by atoms with Crippen molar-refractivity contribution in [2.75, 3.05) is 11.9 Å². The van der Waals surface area contributed by atoms with Gasteiger partial charge in [0.25, 0.3) is 5.91 Å². The van der Waals surface area contributed by atoms with Crippen LogP contribution in [0.4, 0.5) is 5.69 Å². The maximum absolute atomic E-state index is 11.7. The summed E-state index contributed by atoms with van der Waals surface area (Å²) in [6.07, 6.45) is 0. The van der Waals surface area contributed by atoms with Crippen molar-refractivity contribution in [1.29, 1.82) is 0 Å². The average Bonchev–Trinajstić information content (AvgIpc) is 2.47. The lowest BCUT2D eigenvalue weighted by molar-refractivity contribution is -0.118. The minimum absolute atomic E-state index is 0.0564. The predicted octanol–water partition coefficient (Wildman–Crippen LogP) is 2.96. The van der Waals surface area contributed by atoms with Gasteiger partial charge in [-0.25, -0.2) is 0 Å². The Morgan fingerprint density at radius 3 is 2.65 bits per heavy atom. The molecule has 0 aliphatic rings. The van der Waals surface area contributed by atoms with Crippen LogP contribution >= 0.6 is 15.9 Å². The summed E-state index contributed by atoms with van der Waals surface area (Å²) in [5.41, 5.74) is 1.39. The zero-order valence-corrected chi connectivity index (χ0v) is 12.3. The fraction of sp³-hybridized carbons (Fsp3) is 0.133. The molecular formula is C15H14BrNO3. The van der Waals surface area contributed by atoms with Gasteiger partial charge in [-0.3, -0.25) is 4.79 Å². The van der Waals surface area contributed by atoms with E-state index in [2.05, 4.69) is 21.2 Å². The second kappa shape index (κ2) is 7.07. The molecular weight excluding hydrogens is 322 g/mol. The summed E-state index contributed by atoms with van der Waals surface area (Å²) in [6, 6.07) is 14.3. The van der Waals surface area contributed by atoms with Crippen LogP contribution < -0.4 is 10.1 Å². The largest absolute Gasteiger partial charge is 0.484 e. The number of aliphatic hydroxyl groups is 1. The number of hydrogen-bond acceptors (Lipinski definition) is 3. The van der Waals surface area contributed by atoms with Crippen LogP contribution in [0.1, 0.15) is 5.56 Å². The lowest BCUT2D eigenvalue weighted by Crippen LogP contribution is -2.20. The Morgan fingerprint density at radius 1 is 1.20 bits per heavy atom. The van der Waals surface area contributed by atoms with Gasteiger partial charge in [-0.1, -0.05) is 28.1 Å².